The number of nitrogens with two attached hydrogens (primary N) is 1. The van der Waals surface area contributed by atoms with Crippen molar-refractivity contribution in [2.75, 3.05) is 31.2 Å². The number of carbonyl (C=O) groups is 1. The van der Waals surface area contributed by atoms with Crippen LogP contribution < -0.4 is 20.1 Å². The second-order valence-electron chi connectivity index (χ2n) is 9.19. The highest BCUT2D eigenvalue weighted by Gasteiger charge is 2.23. The van der Waals surface area contributed by atoms with E-state index in [2.05, 4.69) is 17.0 Å². The number of para-hydroxylation sites is 4. The van der Waals surface area contributed by atoms with Gasteiger partial charge in [0.25, 0.3) is 0 Å². The first kappa shape index (κ1) is 28.7. The minimum absolute atomic E-state index is 0.324. The van der Waals surface area contributed by atoms with Crippen LogP contribution in [0.3, 0.4) is 0 Å². The van der Waals surface area contributed by atoms with E-state index in [1.54, 1.807) is 6.92 Å². The zero-order valence-electron chi connectivity index (χ0n) is 22.7. The summed E-state index contributed by atoms with van der Waals surface area (Å²) >= 11 is 0. The highest BCUT2D eigenvalue weighted by molar-refractivity contribution is 5.77. The van der Waals surface area contributed by atoms with E-state index in [9.17, 15) is 9.90 Å². The zero-order chi connectivity index (χ0) is 28.2. The summed E-state index contributed by atoms with van der Waals surface area (Å²) in [5, 5.41) is 9.24. The van der Waals surface area contributed by atoms with Crippen molar-refractivity contribution < 1.29 is 24.1 Å². The third-order valence-corrected chi connectivity index (χ3v) is 6.38. The zero-order valence-corrected chi connectivity index (χ0v) is 22.7. The predicted octanol–water partition coefficient (Wildman–Crippen LogP) is 6.23. The fourth-order valence-corrected chi connectivity index (χ4v) is 4.44. The topological polar surface area (TPSA) is 94.2 Å². The first-order valence-electron chi connectivity index (χ1n) is 13.5. The maximum Gasteiger partial charge on any atom is 0.333 e. The van der Waals surface area contributed by atoms with Gasteiger partial charge < -0.3 is 30.0 Å². The fraction of sp³-hybridized carbons (Fsp3) is 0.242. The smallest absolute Gasteiger partial charge is 0.333 e. The van der Waals surface area contributed by atoms with E-state index >= 15 is 0 Å². The monoisotopic (exact) mass is 540 g/mol. The van der Waals surface area contributed by atoms with Crippen LogP contribution in [-0.4, -0.2) is 43.5 Å². The van der Waals surface area contributed by atoms with Gasteiger partial charge in [-0.15, -0.1) is 0 Å². The molecule has 1 heterocycles. The first-order valence-corrected chi connectivity index (χ1v) is 13.5. The lowest BCUT2D eigenvalue weighted by Crippen LogP contribution is -2.26. The van der Waals surface area contributed by atoms with Crippen molar-refractivity contribution in [3.8, 4) is 17.2 Å². The number of carboxylic acid groups (broad SMARTS) is 1. The molecule has 208 valence electrons. The van der Waals surface area contributed by atoms with E-state index in [-0.39, 0.29) is 0 Å². The van der Waals surface area contributed by atoms with E-state index in [0.717, 1.165) is 47.2 Å². The first-order chi connectivity index (χ1) is 19.6. The molecule has 0 spiro atoms. The standard InChI is InChI=1S/C25H25NO5.C8H11N/c1-2-29-24(25(27)28)17-18-11-13-19(14-12-18)30-16-15-26-20-7-3-5-9-22(20)31-23-10-6-4-8-21(23)26;9-7-6-8-4-2-1-3-5-8/h3-14,24H,2,15-17H2,1H3,(H,27,28);1-5H,6-7,9H2/t24-;/m0./s1. The molecule has 1 aliphatic rings. The molecule has 4 aromatic carbocycles. The van der Waals surface area contributed by atoms with Crippen LogP contribution in [0.4, 0.5) is 11.4 Å². The quantitative estimate of drug-likeness (QED) is 0.233. The molecule has 0 saturated heterocycles. The molecule has 0 saturated carbocycles. The van der Waals surface area contributed by atoms with E-state index in [1.165, 1.54) is 5.56 Å². The number of ether oxygens (including phenoxy) is 3. The Hall–Kier alpha value is -4.33. The Balaban J connectivity index is 0.000000350. The van der Waals surface area contributed by atoms with Crippen molar-refractivity contribution in [1.82, 2.24) is 0 Å². The van der Waals surface area contributed by atoms with E-state index in [1.807, 2.05) is 91.0 Å². The van der Waals surface area contributed by atoms with Crippen LogP contribution in [0, 0.1) is 0 Å². The summed E-state index contributed by atoms with van der Waals surface area (Å²) in [7, 11) is 0. The number of anilines is 2. The van der Waals surface area contributed by atoms with Crippen LogP contribution in [0.15, 0.2) is 103 Å². The van der Waals surface area contributed by atoms with Crippen LogP contribution in [0.2, 0.25) is 0 Å². The van der Waals surface area contributed by atoms with Gasteiger partial charge in [-0.05, 0) is 67.4 Å². The number of rotatable bonds is 11. The average molecular weight is 541 g/mol. The van der Waals surface area contributed by atoms with Crippen molar-refractivity contribution >= 4 is 17.3 Å². The molecule has 40 heavy (non-hydrogen) atoms. The maximum absolute atomic E-state index is 11.3. The third kappa shape index (κ3) is 7.85. The molecule has 1 atom stereocenters. The van der Waals surface area contributed by atoms with Crippen molar-refractivity contribution in [2.24, 2.45) is 5.73 Å². The van der Waals surface area contributed by atoms with E-state index < -0.39 is 12.1 Å². The Kier molecular flexibility index (Phi) is 10.6. The molecule has 0 unspecified atom stereocenters. The van der Waals surface area contributed by atoms with Gasteiger partial charge >= 0.3 is 5.97 Å². The van der Waals surface area contributed by atoms with Gasteiger partial charge in [-0.25, -0.2) is 4.79 Å². The normalized spacial score (nSPS) is 12.2. The molecule has 4 aromatic rings. The van der Waals surface area contributed by atoms with Crippen LogP contribution in [-0.2, 0) is 22.4 Å². The number of fused-ring (bicyclic) bond motifs is 2. The van der Waals surface area contributed by atoms with E-state index in [4.69, 9.17) is 19.9 Å². The molecule has 0 fully saturated rings. The summed E-state index contributed by atoms with van der Waals surface area (Å²) in [6.07, 6.45) is 0.476. The van der Waals surface area contributed by atoms with Crippen molar-refractivity contribution in [3.05, 3.63) is 114 Å². The second-order valence-corrected chi connectivity index (χ2v) is 9.19. The molecule has 0 aromatic heterocycles. The van der Waals surface area contributed by atoms with Gasteiger partial charge in [-0.3, -0.25) is 0 Å². The number of carboxylic acids is 1. The van der Waals surface area contributed by atoms with Gasteiger partial charge in [0.1, 0.15) is 12.4 Å². The highest BCUT2D eigenvalue weighted by atomic mass is 16.5. The van der Waals surface area contributed by atoms with Gasteiger partial charge in [-0.2, -0.15) is 0 Å². The number of nitrogens with zero attached hydrogens (tertiary/aromatic N) is 1. The molecule has 1 aliphatic heterocycles. The molecule has 0 bridgehead atoms. The summed E-state index contributed by atoms with van der Waals surface area (Å²) in [5.74, 6) is 1.44. The lowest BCUT2D eigenvalue weighted by Gasteiger charge is -2.32. The molecule has 7 nitrogen and oxygen atoms in total. The number of aliphatic carboxylic acids is 1. The van der Waals surface area contributed by atoms with Crippen LogP contribution >= 0.6 is 0 Å². The van der Waals surface area contributed by atoms with Gasteiger partial charge in [0.2, 0.25) is 0 Å². The summed E-state index contributed by atoms with van der Waals surface area (Å²) in [6.45, 7) is 4.04. The Labute approximate surface area is 235 Å². The molecule has 5 rings (SSSR count). The van der Waals surface area contributed by atoms with Crippen molar-refractivity contribution in [2.45, 2.75) is 25.9 Å². The molecule has 7 heteroatoms. The lowest BCUT2D eigenvalue weighted by molar-refractivity contribution is -0.149. The Morgan fingerprint density at radius 3 is 2.02 bits per heavy atom. The van der Waals surface area contributed by atoms with Crippen molar-refractivity contribution in [1.29, 1.82) is 0 Å². The predicted molar refractivity (Wildman–Crippen MR) is 158 cm³/mol. The van der Waals surface area contributed by atoms with Gasteiger partial charge in [-0.1, -0.05) is 66.7 Å². The molecule has 0 aliphatic carbocycles. The minimum Gasteiger partial charge on any atom is -0.492 e. The minimum atomic E-state index is -0.951. The summed E-state index contributed by atoms with van der Waals surface area (Å²) in [6, 6.07) is 33.7. The lowest BCUT2D eigenvalue weighted by atomic mass is 10.1. The van der Waals surface area contributed by atoms with Gasteiger partial charge in [0, 0.05) is 13.0 Å². The van der Waals surface area contributed by atoms with Crippen LogP contribution in [0.25, 0.3) is 0 Å². The van der Waals surface area contributed by atoms with Gasteiger partial charge in [0.15, 0.2) is 17.6 Å². The van der Waals surface area contributed by atoms with Crippen LogP contribution in [0.1, 0.15) is 18.1 Å². The Morgan fingerprint density at radius 2 is 1.45 bits per heavy atom. The van der Waals surface area contributed by atoms with Gasteiger partial charge in [0.05, 0.1) is 17.9 Å². The Bertz CT molecular complexity index is 1300. The number of benzene rings is 4. The summed E-state index contributed by atoms with van der Waals surface area (Å²) < 4.78 is 17.3. The maximum atomic E-state index is 11.3. The average Bonchev–Trinajstić information content (AvgIpc) is 2.98. The molecule has 3 N–H and O–H groups in total. The summed E-state index contributed by atoms with van der Waals surface area (Å²) in [5.41, 5.74) is 9.59. The van der Waals surface area contributed by atoms with Crippen LogP contribution in [0.5, 0.6) is 17.2 Å². The number of hydrogen-bond donors (Lipinski definition) is 2. The summed E-state index contributed by atoms with van der Waals surface area (Å²) in [4.78, 5) is 13.5. The molecular weight excluding hydrogens is 504 g/mol. The van der Waals surface area contributed by atoms with Crippen molar-refractivity contribution in [3.63, 3.8) is 0 Å². The second kappa shape index (κ2) is 14.7. The fourth-order valence-electron chi connectivity index (χ4n) is 4.44. The molecule has 0 radical (unpaired) electrons. The highest BCUT2D eigenvalue weighted by Crippen LogP contribution is 2.45. The Morgan fingerprint density at radius 1 is 0.850 bits per heavy atom. The molecular formula is C33H36N2O5. The SMILES string of the molecule is CCO[C@@H](Cc1ccc(OCCN2c3ccccc3Oc3ccccc32)cc1)C(=O)O.NCCc1ccccc1. The molecule has 0 amide bonds. The number of hydrogen-bond acceptors (Lipinski definition) is 6. The third-order valence-electron chi connectivity index (χ3n) is 6.38. The largest absolute Gasteiger partial charge is 0.492 e. The van der Waals surface area contributed by atoms with E-state index in [0.29, 0.717) is 26.2 Å².